The van der Waals surface area contributed by atoms with E-state index in [1.54, 1.807) is 57.4 Å². The molecule has 0 aliphatic rings. The molecule has 148 valence electrons. The van der Waals surface area contributed by atoms with E-state index in [-0.39, 0.29) is 5.75 Å². The summed E-state index contributed by atoms with van der Waals surface area (Å²) in [5.41, 5.74) is 2.07. The Kier molecular flexibility index (Phi) is 5.83. The fourth-order valence-corrected chi connectivity index (χ4v) is 2.63. The average Bonchev–Trinajstić information content (AvgIpc) is 2.73. The largest absolute Gasteiger partial charge is 0.508 e. The van der Waals surface area contributed by atoms with E-state index in [9.17, 15) is 14.7 Å². The quantitative estimate of drug-likeness (QED) is 0.510. The number of carbonyl (C=O) groups is 2. The van der Waals surface area contributed by atoms with Crippen molar-refractivity contribution in [3.8, 4) is 23.0 Å². The maximum Gasteiger partial charge on any atom is 0.343 e. The van der Waals surface area contributed by atoms with Crippen molar-refractivity contribution >= 4 is 11.9 Å². The molecule has 6 nitrogen and oxygen atoms in total. The minimum Gasteiger partial charge on any atom is -0.508 e. The Balaban J connectivity index is 1.75. The summed E-state index contributed by atoms with van der Waals surface area (Å²) < 4.78 is 16.0. The molecule has 0 heterocycles. The lowest BCUT2D eigenvalue weighted by Crippen LogP contribution is -2.11. The molecule has 0 aromatic heterocycles. The van der Waals surface area contributed by atoms with Crippen LogP contribution in [0.3, 0.4) is 0 Å². The van der Waals surface area contributed by atoms with Gasteiger partial charge in [0.2, 0.25) is 0 Å². The molecule has 0 aliphatic heterocycles. The molecule has 6 heteroatoms. The van der Waals surface area contributed by atoms with Gasteiger partial charge in [-0.1, -0.05) is 0 Å². The molecule has 0 aliphatic carbocycles. The van der Waals surface area contributed by atoms with Crippen LogP contribution in [0, 0.1) is 13.8 Å². The monoisotopic (exact) mass is 392 g/mol. The van der Waals surface area contributed by atoms with Crippen molar-refractivity contribution in [2.24, 2.45) is 0 Å². The van der Waals surface area contributed by atoms with Crippen LogP contribution in [0.4, 0.5) is 0 Å². The van der Waals surface area contributed by atoms with Gasteiger partial charge in [-0.05, 0) is 85.6 Å². The summed E-state index contributed by atoms with van der Waals surface area (Å²) in [7, 11) is 1.55. The number of hydrogen-bond acceptors (Lipinski definition) is 6. The van der Waals surface area contributed by atoms with E-state index >= 15 is 0 Å². The zero-order valence-corrected chi connectivity index (χ0v) is 16.3. The van der Waals surface area contributed by atoms with Crippen LogP contribution in [-0.4, -0.2) is 24.2 Å². The molecule has 3 aromatic carbocycles. The summed E-state index contributed by atoms with van der Waals surface area (Å²) in [5.74, 6) is 0.419. The second-order valence-electron chi connectivity index (χ2n) is 6.37. The molecule has 0 fully saturated rings. The third-order valence-corrected chi connectivity index (χ3v) is 4.52. The van der Waals surface area contributed by atoms with Crippen molar-refractivity contribution in [3.05, 3.63) is 82.9 Å². The van der Waals surface area contributed by atoms with Crippen LogP contribution in [0.5, 0.6) is 23.0 Å². The van der Waals surface area contributed by atoms with Gasteiger partial charge in [0, 0.05) is 0 Å². The van der Waals surface area contributed by atoms with Crippen molar-refractivity contribution < 1.29 is 28.9 Å². The highest BCUT2D eigenvalue weighted by molar-refractivity contribution is 5.92. The van der Waals surface area contributed by atoms with Crippen LogP contribution in [0.2, 0.25) is 0 Å². The van der Waals surface area contributed by atoms with E-state index in [4.69, 9.17) is 14.2 Å². The van der Waals surface area contributed by atoms with E-state index in [0.717, 1.165) is 0 Å². The van der Waals surface area contributed by atoms with Crippen molar-refractivity contribution in [2.75, 3.05) is 7.11 Å². The summed E-state index contributed by atoms with van der Waals surface area (Å²) in [6, 6.07) is 15.6. The summed E-state index contributed by atoms with van der Waals surface area (Å²) in [5, 5.41) is 9.32. The molecule has 0 saturated carbocycles. The average molecular weight is 392 g/mol. The van der Waals surface area contributed by atoms with Gasteiger partial charge < -0.3 is 19.3 Å². The van der Waals surface area contributed by atoms with E-state index in [1.807, 2.05) is 0 Å². The van der Waals surface area contributed by atoms with Gasteiger partial charge in [0.15, 0.2) is 0 Å². The van der Waals surface area contributed by atoms with Gasteiger partial charge >= 0.3 is 11.9 Å². The van der Waals surface area contributed by atoms with Crippen LogP contribution < -0.4 is 14.2 Å². The molecular formula is C23H20O6. The summed E-state index contributed by atoms with van der Waals surface area (Å²) >= 11 is 0. The second-order valence-corrected chi connectivity index (χ2v) is 6.37. The van der Waals surface area contributed by atoms with Crippen LogP contribution >= 0.6 is 0 Å². The van der Waals surface area contributed by atoms with E-state index in [0.29, 0.717) is 39.5 Å². The third-order valence-electron chi connectivity index (χ3n) is 4.52. The van der Waals surface area contributed by atoms with Crippen molar-refractivity contribution in [3.63, 3.8) is 0 Å². The van der Waals surface area contributed by atoms with E-state index in [2.05, 4.69) is 0 Å². The van der Waals surface area contributed by atoms with Gasteiger partial charge in [-0.2, -0.15) is 0 Å². The predicted octanol–water partition coefficient (Wildman–Crippen LogP) is 4.46. The fourth-order valence-electron chi connectivity index (χ4n) is 2.63. The lowest BCUT2D eigenvalue weighted by Gasteiger charge is -2.14. The zero-order valence-electron chi connectivity index (χ0n) is 16.3. The Hall–Kier alpha value is -3.80. The molecule has 29 heavy (non-hydrogen) atoms. The Morgan fingerprint density at radius 1 is 0.690 bits per heavy atom. The highest BCUT2D eigenvalue weighted by Crippen LogP contribution is 2.30. The first-order chi connectivity index (χ1) is 13.9. The second kappa shape index (κ2) is 8.48. The SMILES string of the molecule is COc1ccc(C(=O)Oc2ccc(OC(=O)c3ccc(O)cc3)c(C)c2C)cc1. The molecule has 0 bridgehead atoms. The molecular weight excluding hydrogens is 372 g/mol. The van der Waals surface area contributed by atoms with Crippen LogP contribution in [0.1, 0.15) is 31.8 Å². The van der Waals surface area contributed by atoms with Gasteiger partial charge in [-0.25, -0.2) is 9.59 Å². The normalized spacial score (nSPS) is 10.3. The Morgan fingerprint density at radius 3 is 1.52 bits per heavy atom. The minimum atomic E-state index is -0.546. The molecule has 0 atom stereocenters. The van der Waals surface area contributed by atoms with E-state index < -0.39 is 11.9 Å². The van der Waals surface area contributed by atoms with Crippen LogP contribution in [0.25, 0.3) is 0 Å². The minimum absolute atomic E-state index is 0.0663. The lowest BCUT2D eigenvalue weighted by atomic mass is 10.1. The van der Waals surface area contributed by atoms with Crippen molar-refractivity contribution in [1.82, 2.24) is 0 Å². The van der Waals surface area contributed by atoms with Crippen LogP contribution in [-0.2, 0) is 0 Å². The maximum absolute atomic E-state index is 12.4. The van der Waals surface area contributed by atoms with E-state index in [1.165, 1.54) is 24.3 Å². The number of rotatable bonds is 5. The number of carbonyl (C=O) groups excluding carboxylic acids is 2. The van der Waals surface area contributed by atoms with Crippen LogP contribution in [0.15, 0.2) is 60.7 Å². The Labute approximate surface area is 168 Å². The van der Waals surface area contributed by atoms with Crippen molar-refractivity contribution in [2.45, 2.75) is 13.8 Å². The number of hydrogen-bond donors (Lipinski definition) is 1. The standard InChI is InChI=1S/C23H20O6/c1-14-15(2)21(29-23(26)17-6-10-19(27-3)11-7-17)13-12-20(14)28-22(25)16-4-8-18(24)9-5-16/h4-13,24H,1-3H3. The zero-order chi connectivity index (χ0) is 21.0. The van der Waals surface area contributed by atoms with Gasteiger partial charge in [0.1, 0.15) is 23.0 Å². The number of phenols is 1. The molecule has 0 unspecified atom stereocenters. The molecule has 3 aromatic rings. The van der Waals surface area contributed by atoms with Crippen molar-refractivity contribution in [1.29, 1.82) is 0 Å². The molecule has 3 rings (SSSR count). The Bertz CT molecular complexity index is 1040. The molecule has 0 radical (unpaired) electrons. The molecule has 0 amide bonds. The van der Waals surface area contributed by atoms with Gasteiger partial charge in [-0.3, -0.25) is 0 Å². The summed E-state index contributed by atoms with van der Waals surface area (Å²) in [4.78, 5) is 24.7. The predicted molar refractivity (Wildman–Crippen MR) is 107 cm³/mol. The topological polar surface area (TPSA) is 82.1 Å². The fraction of sp³-hybridized carbons (Fsp3) is 0.130. The molecule has 0 spiro atoms. The van der Waals surface area contributed by atoms with Gasteiger partial charge in [0.25, 0.3) is 0 Å². The smallest absolute Gasteiger partial charge is 0.343 e. The third kappa shape index (κ3) is 4.55. The molecule has 1 N–H and O–H groups in total. The number of aromatic hydroxyl groups is 1. The summed E-state index contributed by atoms with van der Waals surface area (Å²) in [6.45, 7) is 3.56. The van der Waals surface area contributed by atoms with Gasteiger partial charge in [0.05, 0.1) is 18.2 Å². The number of ether oxygens (including phenoxy) is 3. The number of esters is 2. The number of methoxy groups -OCH3 is 1. The molecule has 0 saturated heterocycles. The maximum atomic E-state index is 12.4. The van der Waals surface area contributed by atoms with Gasteiger partial charge in [-0.15, -0.1) is 0 Å². The first-order valence-corrected chi connectivity index (χ1v) is 8.86. The Morgan fingerprint density at radius 2 is 1.10 bits per heavy atom. The highest BCUT2D eigenvalue weighted by atomic mass is 16.5. The first kappa shape index (κ1) is 19.9. The lowest BCUT2D eigenvalue weighted by molar-refractivity contribution is 0.0717. The summed E-state index contributed by atoms with van der Waals surface area (Å²) in [6.07, 6.45) is 0. The first-order valence-electron chi connectivity index (χ1n) is 8.86. The number of benzene rings is 3. The number of phenolic OH excluding ortho intramolecular Hbond substituents is 1. The highest BCUT2D eigenvalue weighted by Gasteiger charge is 2.16.